The summed E-state index contributed by atoms with van der Waals surface area (Å²) in [7, 11) is 0. The minimum Gasteiger partial charge on any atom is -0.377 e. The molecule has 76 valence electrons. The molecule has 0 aromatic carbocycles. The van der Waals surface area contributed by atoms with Crippen molar-refractivity contribution < 1.29 is 4.74 Å². The fraction of sp³-hybridized carbons (Fsp3) is 1.00. The Morgan fingerprint density at radius 1 is 1.38 bits per heavy atom. The van der Waals surface area contributed by atoms with Crippen LogP contribution >= 0.6 is 0 Å². The van der Waals surface area contributed by atoms with Gasteiger partial charge < -0.3 is 10.1 Å². The molecule has 2 rings (SSSR count). The van der Waals surface area contributed by atoms with Crippen LogP contribution in [0.1, 0.15) is 39.5 Å². The zero-order valence-electron chi connectivity index (χ0n) is 8.75. The Morgan fingerprint density at radius 2 is 2.15 bits per heavy atom. The van der Waals surface area contributed by atoms with Crippen molar-refractivity contribution in [3.63, 3.8) is 0 Å². The van der Waals surface area contributed by atoms with Crippen molar-refractivity contribution in [3.05, 3.63) is 0 Å². The molecule has 3 unspecified atom stereocenters. The Bertz CT molecular complexity index is 167. The first kappa shape index (κ1) is 9.47. The molecule has 0 bridgehead atoms. The highest BCUT2D eigenvalue weighted by Gasteiger charge is 2.28. The highest BCUT2D eigenvalue weighted by atomic mass is 16.5. The van der Waals surface area contributed by atoms with Gasteiger partial charge in [-0.15, -0.1) is 0 Å². The molecular formula is C11H21NO. The van der Waals surface area contributed by atoms with E-state index < -0.39 is 0 Å². The summed E-state index contributed by atoms with van der Waals surface area (Å²) in [4.78, 5) is 0. The summed E-state index contributed by atoms with van der Waals surface area (Å²) in [5.74, 6) is 1.03. The van der Waals surface area contributed by atoms with Gasteiger partial charge in [0.2, 0.25) is 0 Å². The van der Waals surface area contributed by atoms with Gasteiger partial charge in [0.25, 0.3) is 0 Å². The average molecular weight is 183 g/mol. The highest BCUT2D eigenvalue weighted by molar-refractivity contribution is 4.84. The van der Waals surface area contributed by atoms with E-state index >= 15 is 0 Å². The summed E-state index contributed by atoms with van der Waals surface area (Å²) in [5.41, 5.74) is 0. The lowest BCUT2D eigenvalue weighted by molar-refractivity contribution is 0.111. The molecule has 1 aliphatic heterocycles. The molecule has 0 radical (unpaired) electrons. The standard InChI is InChI=1S/C11H21NO/c1-8(7-10-3-4-10)12-11-5-6-13-9(11)2/h8-12H,3-7H2,1-2H3. The van der Waals surface area contributed by atoms with Crippen molar-refractivity contribution in [2.75, 3.05) is 6.61 Å². The number of hydrogen-bond acceptors (Lipinski definition) is 2. The van der Waals surface area contributed by atoms with E-state index in [9.17, 15) is 0 Å². The van der Waals surface area contributed by atoms with Crippen molar-refractivity contribution in [1.29, 1.82) is 0 Å². The van der Waals surface area contributed by atoms with E-state index in [1.54, 1.807) is 0 Å². The van der Waals surface area contributed by atoms with Crippen molar-refractivity contribution in [1.82, 2.24) is 5.32 Å². The monoisotopic (exact) mass is 183 g/mol. The van der Waals surface area contributed by atoms with Crippen LogP contribution in [0.15, 0.2) is 0 Å². The minimum atomic E-state index is 0.418. The zero-order valence-corrected chi connectivity index (χ0v) is 8.75. The van der Waals surface area contributed by atoms with Crippen molar-refractivity contribution in [2.45, 2.75) is 57.7 Å². The van der Waals surface area contributed by atoms with Gasteiger partial charge in [0.1, 0.15) is 0 Å². The Morgan fingerprint density at radius 3 is 2.69 bits per heavy atom. The van der Waals surface area contributed by atoms with Gasteiger partial charge in [-0.25, -0.2) is 0 Å². The third-order valence-electron chi connectivity index (χ3n) is 3.26. The van der Waals surface area contributed by atoms with Crippen LogP contribution in [0.3, 0.4) is 0 Å². The SMILES string of the molecule is CC(CC1CC1)NC1CCOC1C. The molecule has 2 nitrogen and oxygen atoms in total. The van der Waals surface area contributed by atoms with Gasteiger partial charge >= 0.3 is 0 Å². The second-order valence-electron chi connectivity index (χ2n) is 4.72. The molecule has 2 heteroatoms. The second-order valence-corrected chi connectivity index (χ2v) is 4.72. The van der Waals surface area contributed by atoms with Crippen LogP contribution in [0, 0.1) is 5.92 Å². The Balaban J connectivity index is 1.69. The predicted molar refractivity (Wildman–Crippen MR) is 53.8 cm³/mol. The zero-order chi connectivity index (χ0) is 9.26. The molecule has 1 saturated heterocycles. The Labute approximate surface area is 81.0 Å². The maximum absolute atomic E-state index is 5.52. The fourth-order valence-corrected chi connectivity index (χ4v) is 2.24. The quantitative estimate of drug-likeness (QED) is 0.719. The Kier molecular flexibility index (Phi) is 2.89. The van der Waals surface area contributed by atoms with E-state index in [0.29, 0.717) is 18.2 Å². The number of hydrogen-bond donors (Lipinski definition) is 1. The molecule has 0 aromatic heterocycles. The molecule has 0 spiro atoms. The molecule has 0 aromatic rings. The molecule has 2 fully saturated rings. The lowest BCUT2D eigenvalue weighted by Gasteiger charge is -2.21. The van der Waals surface area contributed by atoms with Crippen molar-refractivity contribution in [3.8, 4) is 0 Å². The predicted octanol–water partition coefficient (Wildman–Crippen LogP) is 1.94. The van der Waals surface area contributed by atoms with Gasteiger partial charge in [-0.2, -0.15) is 0 Å². The van der Waals surface area contributed by atoms with E-state index in [-0.39, 0.29) is 0 Å². The average Bonchev–Trinajstić information content (AvgIpc) is 2.79. The molecule has 3 atom stereocenters. The van der Waals surface area contributed by atoms with Crippen LogP contribution in [-0.2, 0) is 4.74 Å². The van der Waals surface area contributed by atoms with Crippen LogP contribution < -0.4 is 5.32 Å². The summed E-state index contributed by atoms with van der Waals surface area (Å²) in [6, 6.07) is 1.29. The maximum atomic E-state index is 5.52. The third-order valence-corrected chi connectivity index (χ3v) is 3.26. The van der Waals surface area contributed by atoms with E-state index in [1.807, 2.05) is 0 Å². The van der Waals surface area contributed by atoms with Gasteiger partial charge in [-0.05, 0) is 32.6 Å². The Hall–Kier alpha value is -0.0800. The summed E-state index contributed by atoms with van der Waals surface area (Å²) >= 11 is 0. The number of rotatable bonds is 4. The minimum absolute atomic E-state index is 0.418. The molecule has 2 aliphatic rings. The van der Waals surface area contributed by atoms with Crippen LogP contribution in [-0.4, -0.2) is 24.8 Å². The van der Waals surface area contributed by atoms with Crippen LogP contribution in [0.2, 0.25) is 0 Å². The van der Waals surface area contributed by atoms with Crippen LogP contribution in [0.4, 0.5) is 0 Å². The van der Waals surface area contributed by atoms with Gasteiger partial charge in [0.05, 0.1) is 6.10 Å². The van der Waals surface area contributed by atoms with E-state index in [0.717, 1.165) is 12.5 Å². The summed E-state index contributed by atoms with van der Waals surface area (Å²) in [5, 5.41) is 3.67. The first-order valence-electron chi connectivity index (χ1n) is 5.63. The number of nitrogens with one attached hydrogen (secondary N) is 1. The van der Waals surface area contributed by atoms with Gasteiger partial charge in [-0.3, -0.25) is 0 Å². The smallest absolute Gasteiger partial charge is 0.0700 e. The fourth-order valence-electron chi connectivity index (χ4n) is 2.24. The van der Waals surface area contributed by atoms with E-state index in [2.05, 4.69) is 19.2 Å². The molecule has 1 saturated carbocycles. The van der Waals surface area contributed by atoms with E-state index in [4.69, 9.17) is 4.74 Å². The van der Waals surface area contributed by atoms with E-state index in [1.165, 1.54) is 25.7 Å². The van der Waals surface area contributed by atoms with Gasteiger partial charge in [-0.1, -0.05) is 12.8 Å². The molecule has 13 heavy (non-hydrogen) atoms. The lowest BCUT2D eigenvalue weighted by Crippen LogP contribution is -2.40. The molecule has 1 N–H and O–H groups in total. The summed E-state index contributed by atoms with van der Waals surface area (Å²) in [6.07, 6.45) is 5.90. The van der Waals surface area contributed by atoms with Gasteiger partial charge in [0.15, 0.2) is 0 Å². The van der Waals surface area contributed by atoms with Crippen LogP contribution in [0.25, 0.3) is 0 Å². The van der Waals surface area contributed by atoms with Crippen LogP contribution in [0.5, 0.6) is 0 Å². The molecule has 1 heterocycles. The largest absolute Gasteiger partial charge is 0.377 e. The summed E-state index contributed by atoms with van der Waals surface area (Å²) in [6.45, 7) is 5.42. The topological polar surface area (TPSA) is 21.3 Å². The molecule has 0 amide bonds. The lowest BCUT2D eigenvalue weighted by atomic mass is 10.1. The molecular weight excluding hydrogens is 162 g/mol. The third kappa shape index (κ3) is 2.68. The first-order chi connectivity index (χ1) is 6.25. The normalized spacial score (nSPS) is 36.5. The summed E-state index contributed by atoms with van der Waals surface area (Å²) < 4.78 is 5.52. The highest BCUT2D eigenvalue weighted by Crippen LogP contribution is 2.33. The maximum Gasteiger partial charge on any atom is 0.0700 e. The van der Waals surface area contributed by atoms with Crippen molar-refractivity contribution in [2.24, 2.45) is 5.92 Å². The van der Waals surface area contributed by atoms with Crippen molar-refractivity contribution >= 4 is 0 Å². The first-order valence-corrected chi connectivity index (χ1v) is 5.63. The second kappa shape index (κ2) is 3.97. The van der Waals surface area contributed by atoms with Gasteiger partial charge in [0, 0.05) is 18.7 Å². The molecule has 1 aliphatic carbocycles. The number of ether oxygens (including phenoxy) is 1.